The lowest BCUT2D eigenvalue weighted by atomic mass is 10.0. The number of carbonyl (C=O) groups is 2. The first-order valence-corrected chi connectivity index (χ1v) is 10.4. The second kappa shape index (κ2) is 9.40. The Morgan fingerprint density at radius 3 is 2.28 bits per heavy atom. The normalized spacial score (nSPS) is 16.7. The Bertz CT molecular complexity index is 1040. The van der Waals surface area contributed by atoms with Gasteiger partial charge < -0.3 is 19.1 Å². The molecule has 0 saturated carbocycles. The molecule has 0 aromatic heterocycles. The van der Waals surface area contributed by atoms with Gasteiger partial charge >= 0.3 is 0 Å². The van der Waals surface area contributed by atoms with Crippen LogP contribution in [-0.4, -0.2) is 68.7 Å². The van der Waals surface area contributed by atoms with E-state index in [-0.39, 0.29) is 18.4 Å². The van der Waals surface area contributed by atoms with E-state index in [0.717, 1.165) is 5.56 Å². The molecule has 0 spiro atoms. The third kappa shape index (κ3) is 4.18. The number of hydrogen-bond acceptors (Lipinski definition) is 6. The fraction of sp³-hybridized carbons (Fsp3) is 0.333. The highest BCUT2D eigenvalue weighted by molar-refractivity contribution is 6.35. The van der Waals surface area contributed by atoms with Gasteiger partial charge in [-0.3, -0.25) is 14.5 Å². The summed E-state index contributed by atoms with van der Waals surface area (Å²) in [6.45, 7) is 2.21. The van der Waals surface area contributed by atoms with Crippen LogP contribution in [-0.2, 0) is 20.7 Å². The number of nitrogens with zero attached hydrogens (tertiary/aromatic N) is 2. The summed E-state index contributed by atoms with van der Waals surface area (Å²) >= 11 is 0. The summed E-state index contributed by atoms with van der Waals surface area (Å²) in [5.74, 6) is 0.0901. The van der Waals surface area contributed by atoms with Gasteiger partial charge in [0.25, 0.3) is 11.8 Å². The maximum Gasteiger partial charge on any atom is 0.277 e. The minimum absolute atomic E-state index is 0.214. The minimum Gasteiger partial charge on any atom is -0.493 e. The molecule has 2 aliphatic heterocycles. The van der Waals surface area contributed by atoms with Gasteiger partial charge in [-0.2, -0.15) is 0 Å². The average molecular weight is 440 g/mol. The number of imide groups is 1. The van der Waals surface area contributed by atoms with Crippen LogP contribution in [0.15, 0.2) is 48.2 Å². The molecule has 0 bridgehead atoms. The summed E-state index contributed by atoms with van der Waals surface area (Å²) in [5, 5.41) is 0. The van der Waals surface area contributed by atoms with Crippen molar-refractivity contribution in [1.82, 2.24) is 9.80 Å². The second-order valence-electron chi connectivity index (χ2n) is 7.53. The van der Waals surface area contributed by atoms with Crippen molar-refractivity contribution < 1.29 is 28.2 Å². The number of benzene rings is 2. The van der Waals surface area contributed by atoms with Crippen molar-refractivity contribution in [2.24, 2.45) is 0 Å². The van der Waals surface area contributed by atoms with Gasteiger partial charge in [-0.05, 0) is 41.8 Å². The van der Waals surface area contributed by atoms with E-state index < -0.39 is 5.82 Å². The number of halogens is 1. The number of carbonyl (C=O) groups excluding carboxylic acids is 2. The monoisotopic (exact) mass is 440 g/mol. The maximum absolute atomic E-state index is 13.5. The molecule has 32 heavy (non-hydrogen) atoms. The Morgan fingerprint density at radius 1 is 0.938 bits per heavy atom. The first kappa shape index (κ1) is 21.8. The molecule has 0 aliphatic carbocycles. The van der Waals surface area contributed by atoms with Gasteiger partial charge in [-0.15, -0.1) is 0 Å². The quantitative estimate of drug-likeness (QED) is 0.617. The van der Waals surface area contributed by atoms with Gasteiger partial charge in [0.1, 0.15) is 11.5 Å². The van der Waals surface area contributed by atoms with Crippen molar-refractivity contribution in [3.63, 3.8) is 0 Å². The van der Waals surface area contributed by atoms with Gasteiger partial charge in [0, 0.05) is 19.6 Å². The lowest BCUT2D eigenvalue weighted by Gasteiger charge is -2.29. The number of morpholine rings is 1. The van der Waals surface area contributed by atoms with Gasteiger partial charge in [-0.1, -0.05) is 18.2 Å². The van der Waals surface area contributed by atoms with E-state index in [0.29, 0.717) is 61.1 Å². The highest BCUT2D eigenvalue weighted by Crippen LogP contribution is 2.33. The largest absolute Gasteiger partial charge is 0.493 e. The van der Waals surface area contributed by atoms with Gasteiger partial charge in [0.05, 0.1) is 33.0 Å². The summed E-state index contributed by atoms with van der Waals surface area (Å²) in [4.78, 5) is 29.9. The Balaban J connectivity index is 1.60. The number of rotatable bonds is 7. The fourth-order valence-corrected chi connectivity index (χ4v) is 4.00. The molecule has 0 atom stereocenters. The molecule has 8 heteroatoms. The molecule has 2 aromatic rings. The molecule has 7 nitrogen and oxygen atoms in total. The Labute approximate surface area is 186 Å². The summed E-state index contributed by atoms with van der Waals surface area (Å²) < 4.78 is 29.5. The number of methoxy groups -OCH3 is 2. The van der Waals surface area contributed by atoms with Gasteiger partial charge in [0.2, 0.25) is 0 Å². The zero-order valence-electron chi connectivity index (χ0n) is 18.1. The molecule has 4 rings (SSSR count). The third-order valence-electron chi connectivity index (χ3n) is 5.68. The summed E-state index contributed by atoms with van der Waals surface area (Å²) in [7, 11) is 3.12. The zero-order valence-corrected chi connectivity index (χ0v) is 18.1. The molecule has 1 fully saturated rings. The lowest BCUT2D eigenvalue weighted by Crippen LogP contribution is -2.40. The molecule has 0 N–H and O–H groups in total. The van der Waals surface area contributed by atoms with Crippen LogP contribution in [0.1, 0.15) is 11.1 Å². The minimum atomic E-state index is -0.399. The molecule has 0 unspecified atom stereocenters. The van der Waals surface area contributed by atoms with Crippen molar-refractivity contribution in [2.75, 3.05) is 47.1 Å². The van der Waals surface area contributed by atoms with Crippen molar-refractivity contribution >= 4 is 17.4 Å². The molecule has 2 aromatic carbocycles. The van der Waals surface area contributed by atoms with E-state index >= 15 is 0 Å². The third-order valence-corrected chi connectivity index (χ3v) is 5.68. The van der Waals surface area contributed by atoms with E-state index in [4.69, 9.17) is 14.2 Å². The van der Waals surface area contributed by atoms with Crippen LogP contribution < -0.4 is 9.47 Å². The molecule has 2 heterocycles. The number of ether oxygens (including phenoxy) is 3. The van der Waals surface area contributed by atoms with Crippen molar-refractivity contribution in [1.29, 1.82) is 0 Å². The summed E-state index contributed by atoms with van der Waals surface area (Å²) in [6.07, 6.45) is 0.463. The van der Waals surface area contributed by atoms with Crippen LogP contribution in [0, 0.1) is 5.82 Å². The van der Waals surface area contributed by atoms with E-state index in [1.165, 1.54) is 29.2 Å². The van der Waals surface area contributed by atoms with Crippen LogP contribution in [0.2, 0.25) is 0 Å². The Kier molecular flexibility index (Phi) is 6.41. The number of amides is 2. The molecular weight excluding hydrogens is 415 g/mol. The topological polar surface area (TPSA) is 68.3 Å². The van der Waals surface area contributed by atoms with Crippen molar-refractivity contribution in [3.05, 3.63) is 65.1 Å². The van der Waals surface area contributed by atoms with Crippen LogP contribution in [0.3, 0.4) is 0 Å². The van der Waals surface area contributed by atoms with E-state index in [1.54, 1.807) is 20.3 Å². The first-order valence-electron chi connectivity index (χ1n) is 10.4. The van der Waals surface area contributed by atoms with Crippen molar-refractivity contribution in [2.45, 2.75) is 6.42 Å². The highest BCUT2D eigenvalue weighted by Gasteiger charge is 2.41. The number of hydrogen-bond donors (Lipinski definition) is 0. The SMILES string of the molecule is COc1ccc(CCN2C(=O)C(c3ccc(F)cc3)=C(N3CCOCC3)C2=O)cc1OC. The van der Waals surface area contributed by atoms with E-state index in [1.807, 2.05) is 17.0 Å². The molecular formula is C24H25FN2O5. The van der Waals surface area contributed by atoms with Crippen LogP contribution in [0.25, 0.3) is 5.57 Å². The maximum atomic E-state index is 13.5. The molecule has 168 valence electrons. The smallest absolute Gasteiger partial charge is 0.277 e. The Morgan fingerprint density at radius 2 is 1.62 bits per heavy atom. The van der Waals surface area contributed by atoms with Gasteiger partial charge in [-0.25, -0.2) is 4.39 Å². The molecule has 2 aliphatic rings. The van der Waals surface area contributed by atoms with Crippen LogP contribution >= 0.6 is 0 Å². The Hall–Kier alpha value is -3.39. The van der Waals surface area contributed by atoms with Crippen molar-refractivity contribution in [3.8, 4) is 11.5 Å². The zero-order chi connectivity index (χ0) is 22.7. The van der Waals surface area contributed by atoms with Crippen LogP contribution in [0.4, 0.5) is 4.39 Å². The van der Waals surface area contributed by atoms with E-state index in [2.05, 4.69) is 0 Å². The second-order valence-corrected chi connectivity index (χ2v) is 7.53. The summed E-state index contributed by atoms with van der Waals surface area (Å²) in [5.41, 5.74) is 2.10. The van der Waals surface area contributed by atoms with Gasteiger partial charge in [0.15, 0.2) is 11.5 Å². The average Bonchev–Trinajstić information content (AvgIpc) is 3.08. The standard InChI is InChI=1S/C24H25FN2O5/c1-30-19-8-3-16(15-20(19)31-2)9-10-27-23(28)21(17-4-6-18(25)7-5-17)22(24(27)29)26-11-13-32-14-12-26/h3-8,15H,9-14H2,1-2H3. The lowest BCUT2D eigenvalue weighted by molar-refractivity contribution is -0.137. The summed E-state index contributed by atoms with van der Waals surface area (Å²) in [6, 6.07) is 11.2. The molecule has 2 amide bonds. The highest BCUT2D eigenvalue weighted by atomic mass is 19.1. The molecule has 0 radical (unpaired) electrons. The van der Waals surface area contributed by atoms with E-state index in [9.17, 15) is 14.0 Å². The first-order chi connectivity index (χ1) is 15.5. The molecule has 1 saturated heterocycles. The predicted molar refractivity (Wildman–Crippen MR) is 116 cm³/mol. The fourth-order valence-electron chi connectivity index (χ4n) is 4.00. The van der Waals surface area contributed by atoms with Crippen LogP contribution in [0.5, 0.6) is 11.5 Å². The predicted octanol–water partition coefficient (Wildman–Crippen LogP) is 2.50.